The summed E-state index contributed by atoms with van der Waals surface area (Å²) >= 11 is 0. The molecule has 6 heteroatoms. The average Bonchev–Trinajstić information content (AvgIpc) is 1.36. The first-order valence-corrected chi connectivity index (χ1v) is 1.11. The van der Waals surface area contributed by atoms with Crippen molar-refractivity contribution in [3.8, 4) is 0 Å². The van der Waals surface area contributed by atoms with Gasteiger partial charge in [-0.05, 0) is 0 Å². The predicted octanol–water partition coefficient (Wildman–Crippen LogP) is -1.50. The van der Waals surface area contributed by atoms with E-state index in [1.807, 2.05) is 0 Å². The van der Waals surface area contributed by atoms with Crippen molar-refractivity contribution >= 4 is 30.8 Å². The van der Waals surface area contributed by atoms with Crippen molar-refractivity contribution in [3.63, 3.8) is 0 Å². The third-order valence-electron chi connectivity index (χ3n) is 0.183. The molecule has 0 radical (unpaired) electrons. The van der Waals surface area contributed by atoms with Gasteiger partial charge in [0.25, 0.3) is 0 Å². The van der Waals surface area contributed by atoms with E-state index in [1.165, 1.54) is 0 Å². The monoisotopic (exact) mass is 156 g/mol. The fourth-order valence-corrected chi connectivity index (χ4v) is 0. The van der Waals surface area contributed by atoms with Crippen molar-refractivity contribution in [1.82, 2.24) is 0 Å². The number of carboxylic acids is 2. The van der Waals surface area contributed by atoms with E-state index in [0.29, 0.717) is 0 Å². The molecule has 0 unspecified atom stereocenters. The van der Waals surface area contributed by atoms with Crippen LogP contribution in [0, 0.1) is 0 Å². The Kier molecular flexibility index (Phi) is 13.8. The molecule has 0 aromatic carbocycles. The van der Waals surface area contributed by atoms with Gasteiger partial charge < -0.3 is 10.2 Å². The molecular formula is C2H3LiNiO4. The molecular weight excluding hydrogens is 154 g/mol. The van der Waals surface area contributed by atoms with Gasteiger partial charge in [-0.3, -0.25) is 0 Å². The van der Waals surface area contributed by atoms with Crippen molar-refractivity contribution in [2.45, 2.75) is 0 Å². The molecule has 0 atom stereocenters. The molecule has 8 heavy (non-hydrogen) atoms. The van der Waals surface area contributed by atoms with Gasteiger partial charge in [0.05, 0.1) is 0 Å². The molecule has 0 saturated heterocycles. The predicted molar refractivity (Wildman–Crippen MR) is 22.4 cm³/mol. The van der Waals surface area contributed by atoms with Crippen LogP contribution in [-0.4, -0.2) is 41.0 Å². The minimum atomic E-state index is -1.82. The molecule has 0 aromatic heterocycles. The minimum Gasteiger partial charge on any atom is 0 e. The summed E-state index contributed by atoms with van der Waals surface area (Å²) in [4.78, 5) is 18.2. The van der Waals surface area contributed by atoms with Crippen LogP contribution in [-0.2, 0) is 26.1 Å². The number of aliphatic carboxylic acids is 2. The van der Waals surface area contributed by atoms with Crippen LogP contribution in [0.2, 0.25) is 0 Å². The molecule has 0 bridgehead atoms. The van der Waals surface area contributed by atoms with E-state index in [-0.39, 0.29) is 35.4 Å². The van der Waals surface area contributed by atoms with Gasteiger partial charge in [0.1, 0.15) is 0 Å². The third kappa shape index (κ3) is 9.39. The first-order chi connectivity index (χ1) is 2.64. The van der Waals surface area contributed by atoms with Crippen molar-refractivity contribution in [1.29, 1.82) is 0 Å². The van der Waals surface area contributed by atoms with E-state index in [1.54, 1.807) is 0 Å². The first kappa shape index (κ1) is 15.7. The summed E-state index contributed by atoms with van der Waals surface area (Å²) in [6.45, 7) is 0. The van der Waals surface area contributed by atoms with Crippen molar-refractivity contribution in [2.24, 2.45) is 0 Å². The molecule has 0 spiro atoms. The van der Waals surface area contributed by atoms with E-state index >= 15 is 0 Å². The Labute approximate surface area is 67.4 Å². The Balaban J connectivity index is -0.000000125. The zero-order valence-electron chi connectivity index (χ0n) is 3.03. The van der Waals surface area contributed by atoms with Gasteiger partial charge in [-0.1, -0.05) is 0 Å². The minimum absolute atomic E-state index is 0. The summed E-state index contributed by atoms with van der Waals surface area (Å²) in [6.07, 6.45) is 0. The van der Waals surface area contributed by atoms with Crippen LogP contribution < -0.4 is 0 Å². The second-order valence-electron chi connectivity index (χ2n) is 0.610. The molecule has 0 aromatic rings. The van der Waals surface area contributed by atoms with E-state index in [2.05, 4.69) is 0 Å². The van der Waals surface area contributed by atoms with Crippen molar-refractivity contribution in [3.05, 3.63) is 0 Å². The van der Waals surface area contributed by atoms with Gasteiger partial charge >= 0.3 is 30.8 Å². The molecule has 0 heterocycles. The number of carboxylic acid groups (broad SMARTS) is 2. The number of hydrogen-bond acceptors (Lipinski definition) is 2. The molecule has 0 aliphatic rings. The molecule has 0 amide bonds. The van der Waals surface area contributed by atoms with Gasteiger partial charge in [-0.25, -0.2) is 9.59 Å². The Bertz CT molecular complexity index is 80.0. The molecule has 0 saturated carbocycles. The molecule has 4 nitrogen and oxygen atoms in total. The second kappa shape index (κ2) is 7.03. The smallest absolute Gasteiger partial charge is 0 e. The standard InChI is InChI=1S/C2H2O4.Li.Ni.H/c3-1(4)2(5)6;;;/h(H,3,4)(H,5,6);;;. The SMILES string of the molecule is O=C(O)C(=O)O.[LiH].[Ni]. The van der Waals surface area contributed by atoms with Gasteiger partial charge in [0.15, 0.2) is 0 Å². The molecule has 2 N–H and O–H groups in total. The largest absolute Gasteiger partial charge is 0 e. The van der Waals surface area contributed by atoms with Crippen LogP contribution in [0.3, 0.4) is 0 Å². The summed E-state index contributed by atoms with van der Waals surface area (Å²) in [5.41, 5.74) is 0. The number of carbonyl (C=O) groups is 2. The molecule has 0 aliphatic carbocycles. The van der Waals surface area contributed by atoms with Crippen LogP contribution in [0.15, 0.2) is 0 Å². The van der Waals surface area contributed by atoms with Crippen LogP contribution in [0.1, 0.15) is 0 Å². The molecule has 0 rings (SSSR count). The zero-order valence-corrected chi connectivity index (χ0v) is 4.01. The maximum atomic E-state index is 9.10. The molecule has 46 valence electrons. The van der Waals surface area contributed by atoms with E-state index in [0.717, 1.165) is 0 Å². The van der Waals surface area contributed by atoms with E-state index in [9.17, 15) is 0 Å². The van der Waals surface area contributed by atoms with Gasteiger partial charge in [-0.2, -0.15) is 0 Å². The van der Waals surface area contributed by atoms with Crippen molar-refractivity contribution < 1.29 is 36.3 Å². The van der Waals surface area contributed by atoms with E-state index < -0.39 is 11.9 Å². The van der Waals surface area contributed by atoms with Crippen LogP contribution >= 0.6 is 0 Å². The van der Waals surface area contributed by atoms with Gasteiger partial charge in [-0.15, -0.1) is 0 Å². The van der Waals surface area contributed by atoms with Gasteiger partial charge in [0.2, 0.25) is 0 Å². The first-order valence-electron chi connectivity index (χ1n) is 1.11. The molecule has 0 fully saturated rings. The zero-order chi connectivity index (χ0) is 5.15. The number of rotatable bonds is 0. The maximum absolute atomic E-state index is 9.10. The van der Waals surface area contributed by atoms with E-state index in [4.69, 9.17) is 19.8 Å². The fraction of sp³-hybridized carbons (Fsp3) is 0. The summed E-state index contributed by atoms with van der Waals surface area (Å²) in [6, 6.07) is 0. The topological polar surface area (TPSA) is 74.6 Å². The summed E-state index contributed by atoms with van der Waals surface area (Å²) in [7, 11) is 0. The second-order valence-corrected chi connectivity index (χ2v) is 0.610. The fourth-order valence-electron chi connectivity index (χ4n) is 0. The quantitative estimate of drug-likeness (QED) is 0.331. The normalized spacial score (nSPS) is 5.50. The van der Waals surface area contributed by atoms with Crippen molar-refractivity contribution in [2.75, 3.05) is 0 Å². The average molecular weight is 157 g/mol. The Morgan fingerprint density at radius 1 is 1.00 bits per heavy atom. The van der Waals surface area contributed by atoms with Crippen LogP contribution in [0.4, 0.5) is 0 Å². The Morgan fingerprint density at radius 2 is 1.12 bits per heavy atom. The van der Waals surface area contributed by atoms with Crippen LogP contribution in [0.25, 0.3) is 0 Å². The van der Waals surface area contributed by atoms with Gasteiger partial charge in [0, 0.05) is 16.5 Å². The molecule has 0 aliphatic heterocycles. The van der Waals surface area contributed by atoms with Crippen LogP contribution in [0.5, 0.6) is 0 Å². The summed E-state index contributed by atoms with van der Waals surface area (Å²) < 4.78 is 0. The Morgan fingerprint density at radius 3 is 1.12 bits per heavy atom. The number of hydrogen-bond donors (Lipinski definition) is 2. The Hall–Kier alpha value is 0.0309. The summed E-state index contributed by atoms with van der Waals surface area (Å²) in [5, 5.41) is 14.8. The maximum Gasteiger partial charge on any atom is 0 e. The third-order valence-corrected chi connectivity index (χ3v) is 0.183. The summed E-state index contributed by atoms with van der Waals surface area (Å²) in [5.74, 6) is -3.65.